The number of nitrogens with two attached hydrogens (primary N) is 1. The first-order chi connectivity index (χ1) is 8.20. The molecule has 2 rings (SSSR count). The van der Waals surface area contributed by atoms with Gasteiger partial charge in [0.1, 0.15) is 0 Å². The lowest BCUT2D eigenvalue weighted by atomic mass is 10.2. The number of aryl methyl sites for hydroxylation is 2. The summed E-state index contributed by atoms with van der Waals surface area (Å²) in [6.45, 7) is 2.61. The van der Waals surface area contributed by atoms with E-state index in [2.05, 4.69) is 15.1 Å². The van der Waals surface area contributed by atoms with E-state index in [1.165, 1.54) is 0 Å². The average Bonchev–Trinajstić information content (AvgIpc) is 2.66. The highest BCUT2D eigenvalue weighted by atomic mass is 32.2. The SMILES string of the molecule is Cc1nn(C)cc1-c1ccnc(SCCN)n1. The second-order valence-corrected chi connectivity index (χ2v) is 4.73. The fourth-order valence-electron chi connectivity index (χ4n) is 1.56. The molecule has 17 heavy (non-hydrogen) atoms. The molecular weight excluding hydrogens is 234 g/mol. The highest BCUT2D eigenvalue weighted by Gasteiger charge is 2.08. The van der Waals surface area contributed by atoms with Gasteiger partial charge in [-0.2, -0.15) is 5.10 Å². The Labute approximate surface area is 104 Å². The zero-order valence-corrected chi connectivity index (χ0v) is 10.7. The molecule has 2 N–H and O–H groups in total. The molecule has 2 aromatic heterocycles. The van der Waals surface area contributed by atoms with Gasteiger partial charge < -0.3 is 5.73 Å². The van der Waals surface area contributed by atoms with Gasteiger partial charge in [-0.25, -0.2) is 9.97 Å². The molecule has 0 atom stereocenters. The maximum absolute atomic E-state index is 5.46. The second kappa shape index (κ2) is 5.29. The quantitative estimate of drug-likeness (QED) is 0.652. The van der Waals surface area contributed by atoms with Gasteiger partial charge in [0.05, 0.1) is 11.4 Å². The highest BCUT2D eigenvalue weighted by Crippen LogP contribution is 2.22. The van der Waals surface area contributed by atoms with Crippen LogP contribution in [0, 0.1) is 6.92 Å². The van der Waals surface area contributed by atoms with Crippen molar-refractivity contribution in [3.8, 4) is 11.3 Å². The zero-order valence-electron chi connectivity index (χ0n) is 9.92. The Morgan fingerprint density at radius 2 is 2.29 bits per heavy atom. The maximum Gasteiger partial charge on any atom is 0.188 e. The molecule has 0 spiro atoms. The third-order valence-corrected chi connectivity index (χ3v) is 3.17. The van der Waals surface area contributed by atoms with E-state index in [-0.39, 0.29) is 0 Å². The molecule has 2 heterocycles. The molecule has 90 valence electrons. The predicted octanol–water partition coefficient (Wildman–Crippen LogP) is 1.24. The van der Waals surface area contributed by atoms with Crippen molar-refractivity contribution in [2.24, 2.45) is 12.8 Å². The Balaban J connectivity index is 2.29. The third-order valence-electron chi connectivity index (χ3n) is 2.27. The molecule has 0 bridgehead atoms. The maximum atomic E-state index is 5.46. The minimum atomic E-state index is 0.629. The molecule has 6 heteroatoms. The molecule has 0 saturated carbocycles. The van der Waals surface area contributed by atoms with Crippen molar-refractivity contribution in [2.75, 3.05) is 12.3 Å². The Bertz CT molecular complexity index is 508. The summed E-state index contributed by atoms with van der Waals surface area (Å²) in [4.78, 5) is 8.71. The molecule has 5 nitrogen and oxygen atoms in total. The summed E-state index contributed by atoms with van der Waals surface area (Å²) in [5, 5.41) is 5.07. The predicted molar refractivity (Wildman–Crippen MR) is 68.7 cm³/mol. The van der Waals surface area contributed by atoms with Crippen LogP contribution >= 0.6 is 11.8 Å². The molecule has 0 aliphatic carbocycles. The van der Waals surface area contributed by atoms with E-state index in [0.717, 1.165) is 27.9 Å². The number of hydrogen-bond acceptors (Lipinski definition) is 5. The number of thioether (sulfide) groups is 1. The normalized spacial score (nSPS) is 10.8. The summed E-state index contributed by atoms with van der Waals surface area (Å²) in [6.07, 6.45) is 3.74. The van der Waals surface area contributed by atoms with E-state index >= 15 is 0 Å². The average molecular weight is 249 g/mol. The molecule has 0 unspecified atom stereocenters. The van der Waals surface area contributed by atoms with Gasteiger partial charge in [-0.15, -0.1) is 0 Å². The first-order valence-electron chi connectivity index (χ1n) is 5.37. The van der Waals surface area contributed by atoms with E-state index in [0.29, 0.717) is 6.54 Å². The summed E-state index contributed by atoms with van der Waals surface area (Å²) in [6, 6.07) is 1.90. The Hall–Kier alpha value is -1.40. The highest BCUT2D eigenvalue weighted by molar-refractivity contribution is 7.99. The minimum absolute atomic E-state index is 0.629. The molecule has 0 saturated heterocycles. The lowest BCUT2D eigenvalue weighted by molar-refractivity contribution is 0.756. The lowest BCUT2D eigenvalue weighted by Crippen LogP contribution is -2.02. The fraction of sp³-hybridized carbons (Fsp3) is 0.364. The van der Waals surface area contributed by atoms with Gasteiger partial charge in [-0.3, -0.25) is 4.68 Å². The summed E-state index contributed by atoms with van der Waals surface area (Å²) in [5.41, 5.74) is 8.39. The van der Waals surface area contributed by atoms with Crippen molar-refractivity contribution in [3.63, 3.8) is 0 Å². The van der Waals surface area contributed by atoms with Crippen molar-refractivity contribution in [1.82, 2.24) is 19.7 Å². The van der Waals surface area contributed by atoms with Crippen LogP contribution in [0.3, 0.4) is 0 Å². The molecule has 2 aromatic rings. The van der Waals surface area contributed by atoms with E-state index < -0.39 is 0 Å². The van der Waals surface area contributed by atoms with Crippen molar-refractivity contribution in [1.29, 1.82) is 0 Å². The number of hydrogen-bond donors (Lipinski definition) is 1. The molecule has 0 radical (unpaired) electrons. The third kappa shape index (κ3) is 2.83. The molecule has 0 amide bonds. The van der Waals surface area contributed by atoms with Crippen LogP contribution in [0.5, 0.6) is 0 Å². The van der Waals surface area contributed by atoms with Crippen LogP contribution < -0.4 is 5.73 Å². The van der Waals surface area contributed by atoms with E-state index in [4.69, 9.17) is 5.73 Å². The Morgan fingerprint density at radius 1 is 1.47 bits per heavy atom. The standard InChI is InChI=1S/C11H15N5S/c1-8-9(7-16(2)15-8)10-3-5-13-11(14-10)17-6-4-12/h3,5,7H,4,6,12H2,1-2H3. The van der Waals surface area contributed by atoms with Crippen LogP contribution in [0.25, 0.3) is 11.3 Å². The van der Waals surface area contributed by atoms with Crippen LogP contribution in [-0.2, 0) is 7.05 Å². The number of aromatic nitrogens is 4. The largest absolute Gasteiger partial charge is 0.330 e. The van der Waals surface area contributed by atoms with Gasteiger partial charge in [0.15, 0.2) is 5.16 Å². The fourth-order valence-corrected chi connectivity index (χ4v) is 2.16. The van der Waals surface area contributed by atoms with Gasteiger partial charge in [-0.1, -0.05) is 11.8 Å². The first-order valence-corrected chi connectivity index (χ1v) is 6.36. The minimum Gasteiger partial charge on any atom is -0.330 e. The van der Waals surface area contributed by atoms with Gasteiger partial charge in [0, 0.05) is 37.3 Å². The Morgan fingerprint density at radius 3 is 2.94 bits per heavy atom. The topological polar surface area (TPSA) is 69.6 Å². The second-order valence-electron chi connectivity index (χ2n) is 3.66. The molecule has 0 aliphatic heterocycles. The van der Waals surface area contributed by atoms with Crippen molar-refractivity contribution < 1.29 is 0 Å². The van der Waals surface area contributed by atoms with Crippen molar-refractivity contribution in [2.45, 2.75) is 12.1 Å². The molecule has 0 aliphatic rings. The van der Waals surface area contributed by atoms with Crippen LogP contribution in [-0.4, -0.2) is 32.0 Å². The van der Waals surface area contributed by atoms with Crippen LogP contribution in [0.15, 0.2) is 23.6 Å². The van der Waals surface area contributed by atoms with Gasteiger partial charge in [-0.05, 0) is 13.0 Å². The van der Waals surface area contributed by atoms with Crippen LogP contribution in [0.2, 0.25) is 0 Å². The van der Waals surface area contributed by atoms with Gasteiger partial charge in [0.25, 0.3) is 0 Å². The van der Waals surface area contributed by atoms with Gasteiger partial charge >= 0.3 is 0 Å². The van der Waals surface area contributed by atoms with Gasteiger partial charge in [0.2, 0.25) is 0 Å². The first kappa shape index (κ1) is 12.1. The van der Waals surface area contributed by atoms with Crippen LogP contribution in [0.1, 0.15) is 5.69 Å². The monoisotopic (exact) mass is 249 g/mol. The molecule has 0 fully saturated rings. The lowest BCUT2D eigenvalue weighted by Gasteiger charge is -2.01. The van der Waals surface area contributed by atoms with E-state index in [9.17, 15) is 0 Å². The summed E-state index contributed by atoms with van der Waals surface area (Å²) >= 11 is 1.57. The summed E-state index contributed by atoms with van der Waals surface area (Å²) < 4.78 is 1.79. The zero-order chi connectivity index (χ0) is 12.3. The van der Waals surface area contributed by atoms with Crippen molar-refractivity contribution >= 4 is 11.8 Å². The van der Waals surface area contributed by atoms with E-state index in [1.807, 2.05) is 26.2 Å². The molecular formula is C11H15N5S. The Kier molecular flexibility index (Phi) is 3.75. The molecule has 0 aromatic carbocycles. The van der Waals surface area contributed by atoms with E-state index in [1.54, 1.807) is 22.6 Å². The number of nitrogens with zero attached hydrogens (tertiary/aromatic N) is 4. The summed E-state index contributed by atoms with van der Waals surface area (Å²) in [5.74, 6) is 0.829. The smallest absolute Gasteiger partial charge is 0.188 e. The number of rotatable bonds is 4. The van der Waals surface area contributed by atoms with Crippen molar-refractivity contribution in [3.05, 3.63) is 24.2 Å². The summed E-state index contributed by atoms with van der Waals surface area (Å²) in [7, 11) is 1.90. The van der Waals surface area contributed by atoms with Crippen LogP contribution in [0.4, 0.5) is 0 Å².